The molecule has 6 nitrogen and oxygen atoms in total. The molecule has 102 valence electrons. The molecule has 0 saturated carbocycles. The monoisotopic (exact) mass is 282 g/mol. The van der Waals surface area contributed by atoms with Gasteiger partial charge in [0.1, 0.15) is 11.3 Å². The Morgan fingerprint density at radius 1 is 1.47 bits per heavy atom. The van der Waals surface area contributed by atoms with E-state index in [1.807, 2.05) is 24.3 Å². The van der Waals surface area contributed by atoms with Gasteiger partial charge in [0.2, 0.25) is 0 Å². The van der Waals surface area contributed by atoms with Crippen LogP contribution in [0.4, 0.5) is 11.4 Å². The predicted octanol–water partition coefficient (Wildman–Crippen LogP) is 2.41. The second-order valence-corrected chi connectivity index (χ2v) is 4.62. The molecule has 1 fully saturated rings. The highest BCUT2D eigenvalue weighted by Gasteiger charge is 2.20. The Kier molecular flexibility index (Phi) is 4.70. The zero-order valence-corrected chi connectivity index (χ0v) is 11.3. The summed E-state index contributed by atoms with van der Waals surface area (Å²) >= 11 is 6.20. The fourth-order valence-corrected chi connectivity index (χ4v) is 2.17. The van der Waals surface area contributed by atoms with E-state index < -0.39 is 0 Å². The molecule has 0 spiro atoms. The van der Waals surface area contributed by atoms with Crippen molar-refractivity contribution in [2.75, 3.05) is 24.7 Å². The fraction of sp³-hybridized carbons (Fsp3) is 0.417. The van der Waals surface area contributed by atoms with Crippen LogP contribution in [0.2, 0.25) is 0 Å². The number of hydrogen-bond donors (Lipinski definition) is 1. The maximum absolute atomic E-state index is 10.0. The maximum Gasteiger partial charge on any atom is 0.127 e. The van der Waals surface area contributed by atoms with Crippen LogP contribution in [0, 0.1) is 4.91 Å². The lowest BCUT2D eigenvalue weighted by atomic mass is 10.2. The van der Waals surface area contributed by atoms with Crippen molar-refractivity contribution in [1.82, 2.24) is 5.43 Å². The Bertz CT molecular complexity index is 463. The Hall–Kier alpha value is -1.66. The average molecular weight is 283 g/mol. The van der Waals surface area contributed by atoms with Crippen LogP contribution in [0.25, 0.3) is 0 Å². The summed E-state index contributed by atoms with van der Waals surface area (Å²) in [7, 11) is 0. The molecule has 1 saturated heterocycles. The SMILES string of the molecule is CC(=Nc1ccc(N2CCOCC2Cl)cc1)NN=O. The number of aliphatic imine (C=N–C) groups is 1. The number of morpholine rings is 1. The molecule has 19 heavy (non-hydrogen) atoms. The van der Waals surface area contributed by atoms with E-state index in [1.165, 1.54) is 0 Å². The van der Waals surface area contributed by atoms with E-state index in [4.69, 9.17) is 16.3 Å². The molecule has 1 heterocycles. The number of alkyl halides is 1. The molecule has 1 aliphatic rings. The Balaban J connectivity index is 2.09. The van der Waals surface area contributed by atoms with E-state index >= 15 is 0 Å². The molecule has 0 bridgehead atoms. The first kappa shape index (κ1) is 13.8. The first-order valence-corrected chi connectivity index (χ1v) is 6.36. The minimum Gasteiger partial charge on any atom is -0.376 e. The minimum absolute atomic E-state index is 0.147. The second-order valence-electron chi connectivity index (χ2n) is 4.12. The highest BCUT2D eigenvalue weighted by atomic mass is 35.5. The normalized spacial score (nSPS) is 20.2. The zero-order chi connectivity index (χ0) is 13.7. The van der Waals surface area contributed by atoms with Crippen LogP contribution < -0.4 is 10.3 Å². The van der Waals surface area contributed by atoms with E-state index in [-0.39, 0.29) is 5.50 Å². The van der Waals surface area contributed by atoms with Gasteiger partial charge in [0, 0.05) is 12.2 Å². The quantitative estimate of drug-likeness (QED) is 0.231. The van der Waals surface area contributed by atoms with Gasteiger partial charge in [-0.15, -0.1) is 4.91 Å². The lowest BCUT2D eigenvalue weighted by Crippen LogP contribution is -2.42. The summed E-state index contributed by atoms with van der Waals surface area (Å²) in [6.45, 7) is 3.64. The van der Waals surface area contributed by atoms with Crippen LogP contribution in [0.5, 0.6) is 0 Å². The van der Waals surface area contributed by atoms with E-state index in [0.717, 1.165) is 17.9 Å². The molecule has 0 radical (unpaired) electrons. The number of ether oxygens (including phenoxy) is 1. The van der Waals surface area contributed by atoms with Gasteiger partial charge >= 0.3 is 0 Å². The van der Waals surface area contributed by atoms with Crippen molar-refractivity contribution in [2.45, 2.75) is 12.4 Å². The van der Waals surface area contributed by atoms with Gasteiger partial charge in [0.15, 0.2) is 0 Å². The number of amidine groups is 1. The smallest absolute Gasteiger partial charge is 0.127 e. The van der Waals surface area contributed by atoms with Crippen molar-refractivity contribution in [1.29, 1.82) is 0 Å². The second kappa shape index (κ2) is 6.49. The molecule has 1 unspecified atom stereocenters. The van der Waals surface area contributed by atoms with Crippen molar-refractivity contribution < 1.29 is 4.74 Å². The van der Waals surface area contributed by atoms with Gasteiger partial charge in [-0.25, -0.2) is 10.4 Å². The summed E-state index contributed by atoms with van der Waals surface area (Å²) in [5.74, 6) is 0.448. The van der Waals surface area contributed by atoms with Crippen LogP contribution in [-0.4, -0.2) is 31.1 Å². The Morgan fingerprint density at radius 2 is 2.21 bits per heavy atom. The molecule has 7 heteroatoms. The molecule has 1 aromatic rings. The minimum atomic E-state index is -0.147. The Morgan fingerprint density at radius 3 is 2.84 bits per heavy atom. The summed E-state index contributed by atoms with van der Waals surface area (Å²) in [4.78, 5) is 16.3. The topological polar surface area (TPSA) is 66.3 Å². The summed E-state index contributed by atoms with van der Waals surface area (Å²) in [6.07, 6.45) is 0. The number of hydrogen-bond acceptors (Lipinski definition) is 5. The summed E-state index contributed by atoms with van der Waals surface area (Å²) in [6, 6.07) is 7.62. The largest absolute Gasteiger partial charge is 0.376 e. The summed E-state index contributed by atoms with van der Waals surface area (Å²) in [5, 5.41) is 2.56. The summed E-state index contributed by atoms with van der Waals surface area (Å²) < 4.78 is 5.29. The van der Waals surface area contributed by atoms with Crippen molar-refractivity contribution in [3.05, 3.63) is 29.2 Å². The van der Waals surface area contributed by atoms with Crippen molar-refractivity contribution in [2.24, 2.45) is 10.3 Å². The van der Waals surface area contributed by atoms with Crippen molar-refractivity contribution >= 4 is 28.8 Å². The number of nitrogens with one attached hydrogen (secondary N) is 1. The molecule has 1 aliphatic heterocycles. The highest BCUT2D eigenvalue weighted by molar-refractivity contribution is 6.22. The van der Waals surface area contributed by atoms with Gasteiger partial charge in [-0.2, -0.15) is 0 Å². The van der Waals surface area contributed by atoms with Gasteiger partial charge in [0.25, 0.3) is 0 Å². The lowest BCUT2D eigenvalue weighted by Gasteiger charge is -2.33. The maximum atomic E-state index is 10.0. The average Bonchev–Trinajstić information content (AvgIpc) is 2.41. The highest BCUT2D eigenvalue weighted by Crippen LogP contribution is 2.24. The molecule has 1 N–H and O–H groups in total. The molecule has 1 atom stereocenters. The molecule has 0 amide bonds. The van der Waals surface area contributed by atoms with E-state index in [2.05, 4.69) is 20.6 Å². The van der Waals surface area contributed by atoms with Crippen LogP contribution in [-0.2, 0) is 4.74 Å². The summed E-state index contributed by atoms with van der Waals surface area (Å²) in [5.41, 5.74) is 3.88. The zero-order valence-electron chi connectivity index (χ0n) is 10.5. The van der Waals surface area contributed by atoms with E-state index in [1.54, 1.807) is 6.92 Å². The van der Waals surface area contributed by atoms with E-state index in [9.17, 15) is 4.91 Å². The number of halogens is 1. The van der Waals surface area contributed by atoms with Crippen LogP contribution in [0.1, 0.15) is 6.92 Å². The lowest BCUT2D eigenvalue weighted by molar-refractivity contribution is 0.113. The third-order valence-corrected chi connectivity index (χ3v) is 3.12. The molecule has 2 rings (SSSR count). The number of nitrogens with zero attached hydrogens (tertiary/aromatic N) is 3. The number of anilines is 1. The number of nitroso groups, excluding NO2 is 1. The first-order valence-electron chi connectivity index (χ1n) is 5.93. The Labute approximate surface area is 116 Å². The fourth-order valence-electron chi connectivity index (χ4n) is 1.87. The van der Waals surface area contributed by atoms with Crippen molar-refractivity contribution in [3.8, 4) is 0 Å². The van der Waals surface area contributed by atoms with E-state index in [0.29, 0.717) is 19.0 Å². The van der Waals surface area contributed by atoms with Crippen LogP contribution >= 0.6 is 11.6 Å². The molecule has 0 aliphatic carbocycles. The van der Waals surface area contributed by atoms with Gasteiger partial charge < -0.3 is 9.64 Å². The van der Waals surface area contributed by atoms with Crippen LogP contribution in [0.15, 0.2) is 34.5 Å². The standard InChI is InChI=1S/C12H15ClN4O2/c1-9(15-16-18)14-10-2-4-11(5-3-10)17-6-7-19-8-12(17)13/h2-5,12H,6-8H2,1H3,(H,14,15,18). The van der Waals surface area contributed by atoms with Crippen molar-refractivity contribution in [3.63, 3.8) is 0 Å². The first-order chi connectivity index (χ1) is 9.20. The molecular weight excluding hydrogens is 268 g/mol. The van der Waals surface area contributed by atoms with Gasteiger partial charge in [0.05, 0.1) is 24.2 Å². The van der Waals surface area contributed by atoms with Gasteiger partial charge in [-0.3, -0.25) is 0 Å². The third-order valence-electron chi connectivity index (χ3n) is 2.76. The molecule has 0 aromatic heterocycles. The van der Waals surface area contributed by atoms with Gasteiger partial charge in [-0.05, 0) is 31.2 Å². The molecule has 1 aromatic carbocycles. The molecular formula is C12H15ClN4O2. The number of rotatable bonds is 3. The third kappa shape index (κ3) is 3.65. The predicted molar refractivity (Wildman–Crippen MR) is 75.9 cm³/mol. The van der Waals surface area contributed by atoms with Gasteiger partial charge in [-0.1, -0.05) is 11.6 Å². The number of benzene rings is 1. The van der Waals surface area contributed by atoms with Crippen LogP contribution in [0.3, 0.4) is 0 Å².